The van der Waals surface area contributed by atoms with E-state index in [0.29, 0.717) is 16.7 Å². The van der Waals surface area contributed by atoms with E-state index in [-0.39, 0.29) is 6.61 Å². The van der Waals surface area contributed by atoms with Gasteiger partial charge in [-0.05, 0) is 30.9 Å². The molecule has 19 heavy (non-hydrogen) atoms. The lowest BCUT2D eigenvalue weighted by Crippen LogP contribution is -2.25. The van der Waals surface area contributed by atoms with Crippen molar-refractivity contribution in [2.24, 2.45) is 5.92 Å². The molecule has 0 aliphatic heterocycles. The molecule has 0 aromatic carbocycles. The minimum atomic E-state index is -3.41. The molecule has 1 aromatic rings. The number of aryl methyl sites for hydroxylation is 1. The molecule has 1 heterocycles. The molecule has 0 bridgehead atoms. The Morgan fingerprint density at radius 3 is 2.68 bits per heavy atom. The van der Waals surface area contributed by atoms with Gasteiger partial charge >= 0.3 is 0 Å². The van der Waals surface area contributed by atoms with Gasteiger partial charge in [-0.1, -0.05) is 25.7 Å². The van der Waals surface area contributed by atoms with Crippen LogP contribution in [0.4, 0.5) is 0 Å². The molecule has 0 unspecified atom stereocenters. The Hall–Kier alpha value is -0.430. The maximum Gasteiger partial charge on any atom is 0.250 e. The van der Waals surface area contributed by atoms with Crippen LogP contribution in [-0.2, 0) is 16.6 Å². The third kappa shape index (κ3) is 3.78. The van der Waals surface area contributed by atoms with E-state index in [1.165, 1.54) is 25.7 Å². The van der Waals surface area contributed by atoms with Crippen LogP contribution in [0.3, 0.4) is 0 Å². The minimum absolute atomic E-state index is 0.103. The first-order valence-electron chi connectivity index (χ1n) is 6.73. The van der Waals surface area contributed by atoms with E-state index >= 15 is 0 Å². The van der Waals surface area contributed by atoms with E-state index < -0.39 is 10.0 Å². The average Bonchev–Trinajstić information content (AvgIpc) is 2.98. The molecule has 1 aliphatic carbocycles. The van der Waals surface area contributed by atoms with Crippen molar-refractivity contribution < 1.29 is 13.5 Å². The van der Waals surface area contributed by atoms with Crippen molar-refractivity contribution in [2.45, 2.75) is 49.8 Å². The van der Waals surface area contributed by atoms with Crippen LogP contribution in [0, 0.1) is 12.8 Å². The number of hydrogen-bond acceptors (Lipinski definition) is 4. The van der Waals surface area contributed by atoms with Crippen LogP contribution in [0.25, 0.3) is 0 Å². The summed E-state index contributed by atoms with van der Waals surface area (Å²) in [6, 6.07) is 1.63. The van der Waals surface area contributed by atoms with Gasteiger partial charge in [-0.25, -0.2) is 13.1 Å². The van der Waals surface area contributed by atoms with Gasteiger partial charge in [0.2, 0.25) is 10.0 Å². The Morgan fingerprint density at radius 1 is 1.42 bits per heavy atom. The van der Waals surface area contributed by atoms with Crippen LogP contribution in [-0.4, -0.2) is 20.1 Å². The first kappa shape index (κ1) is 15.0. The fourth-order valence-electron chi connectivity index (χ4n) is 2.55. The van der Waals surface area contributed by atoms with Crippen LogP contribution in [0.5, 0.6) is 0 Å². The van der Waals surface area contributed by atoms with Gasteiger partial charge in [-0.3, -0.25) is 0 Å². The Balaban J connectivity index is 1.93. The maximum atomic E-state index is 12.1. The maximum absolute atomic E-state index is 12.1. The van der Waals surface area contributed by atoms with Crippen molar-refractivity contribution in [2.75, 3.05) is 6.54 Å². The quantitative estimate of drug-likeness (QED) is 0.848. The molecule has 0 radical (unpaired) electrons. The molecule has 1 fully saturated rings. The van der Waals surface area contributed by atoms with E-state index in [9.17, 15) is 8.42 Å². The minimum Gasteiger partial charge on any atom is -0.391 e. The molecule has 1 saturated carbocycles. The third-order valence-electron chi connectivity index (χ3n) is 3.73. The second-order valence-corrected chi connectivity index (χ2v) is 8.30. The zero-order chi connectivity index (χ0) is 13.9. The molecule has 1 aliphatic rings. The van der Waals surface area contributed by atoms with Crippen LogP contribution in [0.15, 0.2) is 10.3 Å². The summed E-state index contributed by atoms with van der Waals surface area (Å²) < 4.78 is 27.2. The summed E-state index contributed by atoms with van der Waals surface area (Å²) in [5.74, 6) is 0.681. The highest BCUT2D eigenvalue weighted by molar-refractivity contribution is 7.91. The highest BCUT2D eigenvalue weighted by atomic mass is 32.2. The molecule has 1 aromatic heterocycles. The van der Waals surface area contributed by atoms with Gasteiger partial charge in [0, 0.05) is 11.4 Å². The van der Waals surface area contributed by atoms with E-state index in [4.69, 9.17) is 5.11 Å². The number of aliphatic hydroxyl groups excluding tert-OH is 1. The van der Waals surface area contributed by atoms with Crippen molar-refractivity contribution in [3.63, 3.8) is 0 Å². The van der Waals surface area contributed by atoms with Gasteiger partial charge in [0.25, 0.3) is 0 Å². The number of sulfonamides is 1. The molecule has 108 valence electrons. The number of aliphatic hydroxyl groups is 1. The van der Waals surface area contributed by atoms with Crippen molar-refractivity contribution in [3.8, 4) is 0 Å². The summed E-state index contributed by atoms with van der Waals surface area (Å²) in [4.78, 5) is 0.719. The molecule has 0 atom stereocenters. The Morgan fingerprint density at radius 2 is 2.11 bits per heavy atom. The van der Waals surface area contributed by atoms with Crippen LogP contribution in [0.1, 0.15) is 42.5 Å². The highest BCUT2D eigenvalue weighted by Gasteiger charge is 2.20. The van der Waals surface area contributed by atoms with Crippen LogP contribution < -0.4 is 4.72 Å². The lowest BCUT2D eigenvalue weighted by molar-refractivity contribution is 0.285. The predicted octanol–water partition coefficient (Wildman–Crippen LogP) is 2.41. The fourth-order valence-corrected chi connectivity index (χ4v) is 5.09. The first-order valence-corrected chi connectivity index (χ1v) is 9.02. The average molecular weight is 303 g/mol. The SMILES string of the molecule is Cc1cc(S(=O)(=O)NCCC2CCCC2)sc1CO. The van der Waals surface area contributed by atoms with Crippen LogP contribution >= 0.6 is 11.3 Å². The Bertz CT molecular complexity index is 516. The Labute approximate surface area is 118 Å². The molecule has 0 saturated heterocycles. The molecule has 6 heteroatoms. The molecule has 4 nitrogen and oxygen atoms in total. The standard InChI is InChI=1S/C13H21NO3S2/c1-10-8-13(18-12(10)9-15)19(16,17)14-7-6-11-4-2-3-5-11/h8,11,14-15H,2-7,9H2,1H3. The monoisotopic (exact) mass is 303 g/mol. The van der Waals surface area contributed by atoms with Crippen molar-refractivity contribution in [1.82, 2.24) is 4.72 Å². The molecule has 2 rings (SSSR count). The number of hydrogen-bond donors (Lipinski definition) is 2. The smallest absolute Gasteiger partial charge is 0.250 e. The number of nitrogens with one attached hydrogen (secondary N) is 1. The summed E-state index contributed by atoms with van der Waals surface area (Å²) >= 11 is 1.15. The zero-order valence-electron chi connectivity index (χ0n) is 11.2. The summed E-state index contributed by atoms with van der Waals surface area (Å²) in [6.45, 7) is 2.23. The summed E-state index contributed by atoms with van der Waals surface area (Å²) in [5.41, 5.74) is 0.837. The lowest BCUT2D eigenvalue weighted by atomic mass is 10.1. The third-order valence-corrected chi connectivity index (χ3v) is 6.88. The van der Waals surface area contributed by atoms with Gasteiger partial charge < -0.3 is 5.11 Å². The normalized spacial score (nSPS) is 17.2. The molecule has 0 spiro atoms. The molecule has 2 N–H and O–H groups in total. The van der Waals surface area contributed by atoms with Crippen molar-refractivity contribution in [3.05, 3.63) is 16.5 Å². The van der Waals surface area contributed by atoms with E-state index in [2.05, 4.69) is 4.72 Å². The van der Waals surface area contributed by atoms with Crippen molar-refractivity contribution >= 4 is 21.4 Å². The summed E-state index contributed by atoms with van der Waals surface area (Å²) in [7, 11) is -3.41. The number of rotatable bonds is 6. The van der Waals surface area contributed by atoms with E-state index in [1.807, 2.05) is 6.92 Å². The highest BCUT2D eigenvalue weighted by Crippen LogP contribution is 2.28. The van der Waals surface area contributed by atoms with Crippen LogP contribution in [0.2, 0.25) is 0 Å². The molecule has 0 amide bonds. The number of thiophene rings is 1. The van der Waals surface area contributed by atoms with Crippen molar-refractivity contribution in [1.29, 1.82) is 0 Å². The van der Waals surface area contributed by atoms with Gasteiger partial charge in [0.1, 0.15) is 4.21 Å². The summed E-state index contributed by atoms with van der Waals surface area (Å²) in [6.07, 6.45) is 5.95. The van der Waals surface area contributed by atoms with Gasteiger partial charge in [-0.15, -0.1) is 11.3 Å². The van der Waals surface area contributed by atoms with Gasteiger partial charge in [-0.2, -0.15) is 0 Å². The van der Waals surface area contributed by atoms with E-state index in [1.54, 1.807) is 6.07 Å². The summed E-state index contributed by atoms with van der Waals surface area (Å²) in [5, 5.41) is 9.11. The van der Waals surface area contributed by atoms with Gasteiger partial charge in [0.05, 0.1) is 6.61 Å². The molecular weight excluding hydrogens is 282 g/mol. The first-order chi connectivity index (χ1) is 9.03. The fraction of sp³-hybridized carbons (Fsp3) is 0.692. The van der Waals surface area contributed by atoms with Gasteiger partial charge in [0.15, 0.2) is 0 Å². The Kier molecular flexibility index (Phi) is 5.00. The molecular formula is C13H21NO3S2. The topological polar surface area (TPSA) is 66.4 Å². The second-order valence-electron chi connectivity index (χ2n) is 5.17. The predicted molar refractivity (Wildman–Crippen MR) is 76.7 cm³/mol. The largest absolute Gasteiger partial charge is 0.391 e. The lowest BCUT2D eigenvalue weighted by Gasteiger charge is -2.09. The zero-order valence-corrected chi connectivity index (χ0v) is 12.8. The van der Waals surface area contributed by atoms with E-state index in [0.717, 1.165) is 28.2 Å². The second kappa shape index (κ2) is 6.35.